The standard InChI is InChI=1S/C30H43N7O12/c1-15(2)10-19(36-26(44)17(31)12-22(32)38)27(45)33-14-23(39)34-20(13-25(42)43)29(47)35-18(8-9-24(40)41)28(46)37-21(30(48)49)11-16-6-4-3-5-7-16/h3-7,15,17-21H,8-14,31H2,1-2H3,(H2,32,38)(H,33,45)(H,34,39)(H,35,47)(H,36,44)(H,37,46)(H,40,41)(H,42,43)(H,48,49)/t17-,18-,19-,20-,21-/m0/s1. The summed E-state index contributed by atoms with van der Waals surface area (Å²) in [5, 5.41) is 39.3. The Balaban J connectivity index is 3.02. The smallest absolute Gasteiger partial charge is 0.326 e. The lowest BCUT2D eigenvalue weighted by Crippen LogP contribution is -2.57. The van der Waals surface area contributed by atoms with E-state index in [0.29, 0.717) is 5.56 Å². The number of nitrogens with two attached hydrogens (primary N) is 2. The molecule has 0 saturated heterocycles. The molecule has 1 aromatic rings. The van der Waals surface area contributed by atoms with E-state index in [2.05, 4.69) is 26.6 Å². The van der Waals surface area contributed by atoms with Gasteiger partial charge in [-0.15, -0.1) is 0 Å². The molecule has 19 nitrogen and oxygen atoms in total. The van der Waals surface area contributed by atoms with Crippen LogP contribution in [0.3, 0.4) is 0 Å². The highest BCUT2D eigenvalue weighted by molar-refractivity contribution is 5.97. The van der Waals surface area contributed by atoms with Crippen LogP contribution in [0, 0.1) is 5.92 Å². The Kier molecular flexibility index (Phi) is 17.4. The lowest BCUT2D eigenvalue weighted by atomic mass is 10.0. The van der Waals surface area contributed by atoms with E-state index in [1.54, 1.807) is 44.2 Å². The maximum atomic E-state index is 13.1. The average Bonchev–Trinajstić information content (AvgIpc) is 3.00. The lowest BCUT2D eigenvalue weighted by molar-refractivity contribution is -0.143. The molecule has 0 fully saturated rings. The van der Waals surface area contributed by atoms with E-state index < -0.39 is 116 Å². The van der Waals surface area contributed by atoms with Crippen molar-refractivity contribution in [2.75, 3.05) is 6.54 Å². The van der Waals surface area contributed by atoms with Crippen LogP contribution < -0.4 is 38.1 Å². The van der Waals surface area contributed by atoms with Gasteiger partial charge in [0, 0.05) is 12.8 Å². The fourth-order valence-electron chi connectivity index (χ4n) is 4.34. The highest BCUT2D eigenvalue weighted by atomic mass is 16.4. The number of hydrogen-bond acceptors (Lipinski definition) is 10. The van der Waals surface area contributed by atoms with Crippen molar-refractivity contribution in [1.29, 1.82) is 0 Å². The summed E-state index contributed by atoms with van der Waals surface area (Å²) >= 11 is 0. The summed E-state index contributed by atoms with van der Waals surface area (Å²) in [5.74, 6) is -10.3. The predicted octanol–water partition coefficient (Wildman–Crippen LogP) is -3.04. The molecule has 6 amide bonds. The highest BCUT2D eigenvalue weighted by Crippen LogP contribution is 2.08. The van der Waals surface area contributed by atoms with Crippen LogP contribution in [0.5, 0.6) is 0 Å². The quantitative estimate of drug-likeness (QED) is 0.0578. The molecule has 0 aromatic heterocycles. The summed E-state index contributed by atoms with van der Waals surface area (Å²) in [5.41, 5.74) is 11.2. The average molecular weight is 694 g/mol. The molecule has 0 spiro atoms. The third-order valence-corrected chi connectivity index (χ3v) is 6.73. The molecule has 1 rings (SSSR count). The Morgan fingerprint density at radius 3 is 1.80 bits per heavy atom. The molecule has 0 aliphatic rings. The van der Waals surface area contributed by atoms with Crippen LogP contribution >= 0.6 is 0 Å². The van der Waals surface area contributed by atoms with Gasteiger partial charge >= 0.3 is 17.9 Å². The number of rotatable bonds is 22. The van der Waals surface area contributed by atoms with Crippen molar-refractivity contribution >= 4 is 53.4 Å². The van der Waals surface area contributed by atoms with Gasteiger partial charge in [0.1, 0.15) is 24.2 Å². The third-order valence-electron chi connectivity index (χ3n) is 6.73. The van der Waals surface area contributed by atoms with Gasteiger partial charge in [-0.2, -0.15) is 0 Å². The Labute approximate surface area is 280 Å². The van der Waals surface area contributed by atoms with Crippen LogP contribution in [-0.4, -0.2) is 105 Å². The van der Waals surface area contributed by atoms with E-state index in [-0.39, 0.29) is 18.8 Å². The van der Waals surface area contributed by atoms with Crippen LogP contribution in [0.4, 0.5) is 0 Å². The van der Waals surface area contributed by atoms with Crippen molar-refractivity contribution in [3.05, 3.63) is 35.9 Å². The van der Waals surface area contributed by atoms with Gasteiger partial charge in [-0.05, 0) is 24.3 Å². The number of carboxylic acid groups (broad SMARTS) is 3. The van der Waals surface area contributed by atoms with E-state index in [0.717, 1.165) is 0 Å². The predicted molar refractivity (Wildman–Crippen MR) is 169 cm³/mol. The van der Waals surface area contributed by atoms with Gasteiger partial charge in [0.2, 0.25) is 35.4 Å². The van der Waals surface area contributed by atoms with Crippen LogP contribution in [0.25, 0.3) is 0 Å². The van der Waals surface area contributed by atoms with Gasteiger partial charge in [-0.25, -0.2) is 4.79 Å². The third kappa shape index (κ3) is 16.7. The topological polar surface area (TPSA) is 327 Å². The number of amides is 6. The molecular formula is C30H43N7O12. The number of benzene rings is 1. The molecule has 0 aliphatic heterocycles. The van der Waals surface area contributed by atoms with E-state index in [1.165, 1.54) is 0 Å². The van der Waals surface area contributed by atoms with Gasteiger partial charge < -0.3 is 53.4 Å². The van der Waals surface area contributed by atoms with Crippen molar-refractivity contribution in [3.8, 4) is 0 Å². The molecule has 0 radical (unpaired) electrons. The molecule has 5 atom stereocenters. The minimum absolute atomic E-state index is 0.0976. The molecule has 0 saturated carbocycles. The van der Waals surface area contributed by atoms with Gasteiger partial charge in [-0.3, -0.25) is 38.4 Å². The zero-order valence-electron chi connectivity index (χ0n) is 27.0. The largest absolute Gasteiger partial charge is 0.481 e. The van der Waals surface area contributed by atoms with Crippen LogP contribution in [0.15, 0.2) is 30.3 Å². The first-order valence-corrected chi connectivity index (χ1v) is 15.1. The fraction of sp³-hybridized carbons (Fsp3) is 0.500. The van der Waals surface area contributed by atoms with E-state index >= 15 is 0 Å². The van der Waals surface area contributed by atoms with Gasteiger partial charge in [0.05, 0.1) is 25.4 Å². The van der Waals surface area contributed by atoms with Crippen molar-refractivity contribution in [2.24, 2.45) is 17.4 Å². The second-order valence-electron chi connectivity index (χ2n) is 11.5. The first-order chi connectivity index (χ1) is 22.9. The lowest BCUT2D eigenvalue weighted by Gasteiger charge is -2.24. The molecule has 270 valence electrons. The minimum atomic E-state index is -1.82. The molecule has 1 aromatic carbocycles. The van der Waals surface area contributed by atoms with Crippen LogP contribution in [-0.2, 0) is 49.6 Å². The summed E-state index contributed by atoms with van der Waals surface area (Å²) in [6, 6.07) is 0.788. The number of nitrogens with one attached hydrogen (secondary N) is 5. The molecule has 12 N–H and O–H groups in total. The zero-order valence-corrected chi connectivity index (χ0v) is 27.0. The Morgan fingerprint density at radius 1 is 0.694 bits per heavy atom. The Morgan fingerprint density at radius 2 is 1.27 bits per heavy atom. The van der Waals surface area contributed by atoms with E-state index in [4.69, 9.17) is 16.6 Å². The maximum absolute atomic E-state index is 13.1. The van der Waals surface area contributed by atoms with E-state index in [9.17, 15) is 53.4 Å². The monoisotopic (exact) mass is 693 g/mol. The minimum Gasteiger partial charge on any atom is -0.481 e. The molecule has 0 unspecified atom stereocenters. The van der Waals surface area contributed by atoms with Crippen molar-refractivity contribution in [3.63, 3.8) is 0 Å². The first-order valence-electron chi connectivity index (χ1n) is 15.1. The fourth-order valence-corrected chi connectivity index (χ4v) is 4.34. The number of primary amides is 1. The summed E-state index contributed by atoms with van der Waals surface area (Å²) < 4.78 is 0. The summed E-state index contributed by atoms with van der Waals surface area (Å²) in [6.45, 7) is 2.70. The van der Waals surface area contributed by atoms with Gasteiger partial charge in [0.25, 0.3) is 0 Å². The van der Waals surface area contributed by atoms with Crippen molar-refractivity contribution in [1.82, 2.24) is 26.6 Å². The van der Waals surface area contributed by atoms with E-state index in [1.807, 2.05) is 0 Å². The van der Waals surface area contributed by atoms with Crippen LogP contribution in [0.1, 0.15) is 51.5 Å². The Bertz CT molecular complexity index is 1370. The maximum Gasteiger partial charge on any atom is 0.326 e. The molecular weight excluding hydrogens is 650 g/mol. The van der Waals surface area contributed by atoms with Crippen molar-refractivity contribution < 1.29 is 58.5 Å². The number of hydrogen-bond donors (Lipinski definition) is 10. The second-order valence-corrected chi connectivity index (χ2v) is 11.5. The molecule has 0 heterocycles. The highest BCUT2D eigenvalue weighted by Gasteiger charge is 2.32. The first kappa shape index (κ1) is 41.4. The summed E-state index contributed by atoms with van der Waals surface area (Å²) in [4.78, 5) is 110. The van der Waals surface area contributed by atoms with Crippen molar-refractivity contribution in [2.45, 2.75) is 82.6 Å². The van der Waals surface area contributed by atoms with Gasteiger partial charge in [0.15, 0.2) is 0 Å². The summed E-state index contributed by atoms with van der Waals surface area (Å²) in [7, 11) is 0. The summed E-state index contributed by atoms with van der Waals surface area (Å²) in [6.07, 6.45) is -2.68. The zero-order chi connectivity index (χ0) is 37.3. The van der Waals surface area contributed by atoms with Crippen LogP contribution in [0.2, 0.25) is 0 Å². The molecule has 0 aliphatic carbocycles. The molecule has 49 heavy (non-hydrogen) atoms. The normalized spacial score (nSPS) is 13.8. The number of carboxylic acids is 3. The molecule has 19 heteroatoms. The number of aliphatic carboxylic acids is 3. The number of carbonyl (C=O) groups excluding carboxylic acids is 6. The molecule has 0 bridgehead atoms. The SMILES string of the molecule is CC(C)C[C@H](NC(=O)[C@@H](N)CC(N)=O)C(=O)NCC(=O)N[C@@H](CC(=O)O)C(=O)N[C@@H](CCC(=O)O)C(=O)N[C@@H](Cc1ccccc1)C(=O)O. The van der Waals surface area contributed by atoms with Gasteiger partial charge in [-0.1, -0.05) is 44.2 Å². The Hall–Kier alpha value is -5.59. The second kappa shape index (κ2) is 20.6. The number of carbonyl (C=O) groups is 9.